The summed E-state index contributed by atoms with van der Waals surface area (Å²) in [6, 6.07) is 7.04. The van der Waals surface area contributed by atoms with E-state index < -0.39 is 10.0 Å². The summed E-state index contributed by atoms with van der Waals surface area (Å²) in [5.74, 6) is 1.50. The van der Waals surface area contributed by atoms with Crippen LogP contribution in [0.25, 0.3) is 0 Å². The van der Waals surface area contributed by atoms with Crippen molar-refractivity contribution in [2.24, 2.45) is 5.92 Å². The quantitative estimate of drug-likeness (QED) is 0.771. The van der Waals surface area contributed by atoms with Crippen molar-refractivity contribution in [3.05, 3.63) is 42.5 Å². The minimum atomic E-state index is -3.44. The number of amides is 1. The lowest BCUT2D eigenvalue weighted by Crippen LogP contribution is -2.40. The third-order valence-corrected chi connectivity index (χ3v) is 7.51. The van der Waals surface area contributed by atoms with E-state index in [1.807, 2.05) is 6.07 Å². The predicted molar refractivity (Wildman–Crippen MR) is 108 cm³/mol. The van der Waals surface area contributed by atoms with Gasteiger partial charge in [0.1, 0.15) is 16.5 Å². The molecule has 2 aromatic rings. The topological polar surface area (TPSA) is 95.8 Å². The number of furan rings is 1. The molecule has 1 N–H and O–H groups in total. The van der Waals surface area contributed by atoms with Crippen molar-refractivity contribution in [3.8, 4) is 0 Å². The molecule has 0 bridgehead atoms. The lowest BCUT2D eigenvalue weighted by Gasteiger charge is -2.32. The third kappa shape index (κ3) is 4.45. The summed E-state index contributed by atoms with van der Waals surface area (Å²) < 4.78 is 32.0. The highest BCUT2D eigenvalue weighted by molar-refractivity contribution is 7.89. The molecular formula is C20H26N4O4S. The second-order valence-electron chi connectivity index (χ2n) is 7.52. The van der Waals surface area contributed by atoms with Crippen LogP contribution in [0.15, 0.2) is 46.0 Å². The maximum absolute atomic E-state index is 12.6. The molecule has 0 spiro atoms. The average Bonchev–Trinajstić information content (AvgIpc) is 3.47. The van der Waals surface area contributed by atoms with Crippen molar-refractivity contribution >= 4 is 21.7 Å². The number of anilines is 1. The smallest absolute Gasteiger partial charge is 0.244 e. The molecule has 0 saturated carbocycles. The molecule has 0 radical (unpaired) electrons. The van der Waals surface area contributed by atoms with Gasteiger partial charge >= 0.3 is 0 Å². The zero-order valence-electron chi connectivity index (χ0n) is 16.3. The summed E-state index contributed by atoms with van der Waals surface area (Å²) in [6.07, 6.45) is 6.34. The van der Waals surface area contributed by atoms with Crippen LogP contribution < -0.4 is 10.2 Å². The number of rotatable bonds is 6. The Bertz CT molecular complexity index is 914. The Morgan fingerprint density at radius 3 is 2.52 bits per heavy atom. The van der Waals surface area contributed by atoms with Gasteiger partial charge in [-0.15, -0.1) is 0 Å². The number of carbonyl (C=O) groups is 1. The number of nitrogens with zero attached hydrogens (tertiary/aromatic N) is 3. The van der Waals surface area contributed by atoms with Gasteiger partial charge < -0.3 is 14.6 Å². The van der Waals surface area contributed by atoms with Crippen LogP contribution in [0.3, 0.4) is 0 Å². The van der Waals surface area contributed by atoms with Gasteiger partial charge in [-0.3, -0.25) is 4.79 Å². The van der Waals surface area contributed by atoms with E-state index in [1.165, 1.54) is 10.5 Å². The van der Waals surface area contributed by atoms with Gasteiger partial charge in [0.2, 0.25) is 15.9 Å². The first-order valence-corrected chi connectivity index (χ1v) is 11.5. The maximum Gasteiger partial charge on any atom is 0.244 e. The van der Waals surface area contributed by atoms with E-state index in [9.17, 15) is 13.2 Å². The van der Waals surface area contributed by atoms with Crippen LogP contribution in [0.2, 0.25) is 0 Å². The Morgan fingerprint density at radius 1 is 1.14 bits per heavy atom. The zero-order chi connectivity index (χ0) is 20.3. The van der Waals surface area contributed by atoms with Crippen molar-refractivity contribution < 1.29 is 17.6 Å². The molecular weight excluding hydrogens is 392 g/mol. The Kier molecular flexibility index (Phi) is 5.86. The van der Waals surface area contributed by atoms with Gasteiger partial charge in [-0.25, -0.2) is 13.4 Å². The second kappa shape index (κ2) is 8.54. The molecule has 2 aliphatic rings. The molecule has 2 aliphatic heterocycles. The molecule has 29 heavy (non-hydrogen) atoms. The number of sulfonamides is 1. The minimum absolute atomic E-state index is 0.0315. The van der Waals surface area contributed by atoms with Crippen LogP contribution in [0, 0.1) is 5.92 Å². The highest BCUT2D eigenvalue weighted by atomic mass is 32.2. The number of hydrogen-bond donors (Lipinski definition) is 1. The van der Waals surface area contributed by atoms with E-state index in [1.54, 1.807) is 24.5 Å². The van der Waals surface area contributed by atoms with E-state index in [2.05, 4.69) is 15.2 Å². The number of pyridine rings is 1. The fourth-order valence-corrected chi connectivity index (χ4v) is 5.36. The van der Waals surface area contributed by atoms with Crippen LogP contribution in [0.1, 0.15) is 31.4 Å². The first-order chi connectivity index (χ1) is 14.0. The largest absolute Gasteiger partial charge is 0.467 e. The number of piperidine rings is 1. The van der Waals surface area contributed by atoms with E-state index in [0.29, 0.717) is 32.7 Å². The van der Waals surface area contributed by atoms with Crippen LogP contribution in [-0.4, -0.2) is 49.8 Å². The first-order valence-electron chi connectivity index (χ1n) is 10.1. The minimum Gasteiger partial charge on any atom is -0.467 e. The van der Waals surface area contributed by atoms with E-state index in [-0.39, 0.29) is 16.7 Å². The van der Waals surface area contributed by atoms with Crippen LogP contribution >= 0.6 is 0 Å². The van der Waals surface area contributed by atoms with Crippen LogP contribution in [0.4, 0.5) is 5.82 Å². The maximum atomic E-state index is 12.6. The molecule has 2 aromatic heterocycles. The lowest BCUT2D eigenvalue weighted by atomic mass is 9.96. The van der Waals surface area contributed by atoms with Gasteiger partial charge in [0, 0.05) is 38.3 Å². The monoisotopic (exact) mass is 418 g/mol. The molecule has 9 heteroatoms. The molecule has 4 rings (SSSR count). The van der Waals surface area contributed by atoms with Gasteiger partial charge in [0.25, 0.3) is 0 Å². The van der Waals surface area contributed by atoms with Gasteiger partial charge in [0.15, 0.2) is 0 Å². The van der Waals surface area contributed by atoms with Gasteiger partial charge in [-0.05, 0) is 49.9 Å². The van der Waals surface area contributed by atoms with Gasteiger partial charge in [0.05, 0.1) is 12.8 Å². The number of carbonyl (C=O) groups excluding carboxylic acids is 1. The molecule has 0 atom stereocenters. The zero-order valence-corrected chi connectivity index (χ0v) is 17.1. The third-order valence-electron chi connectivity index (χ3n) is 5.63. The molecule has 2 saturated heterocycles. The Hall–Kier alpha value is -2.39. The second-order valence-corrected chi connectivity index (χ2v) is 9.46. The molecule has 0 aromatic carbocycles. The molecule has 8 nitrogen and oxygen atoms in total. The summed E-state index contributed by atoms with van der Waals surface area (Å²) in [7, 11) is -3.44. The predicted octanol–water partition coefficient (Wildman–Crippen LogP) is 1.99. The molecule has 2 fully saturated rings. The van der Waals surface area contributed by atoms with E-state index >= 15 is 0 Å². The SMILES string of the molecule is O=C(NCc1ccco1)C1CCN(c2ccc(S(=O)(=O)N3CCCC3)cn2)CC1. The molecule has 0 aliphatic carbocycles. The lowest BCUT2D eigenvalue weighted by molar-refractivity contribution is -0.125. The summed E-state index contributed by atoms with van der Waals surface area (Å²) in [4.78, 5) is 19.1. The van der Waals surface area contributed by atoms with E-state index in [4.69, 9.17) is 4.42 Å². The van der Waals surface area contributed by atoms with Crippen LogP contribution in [0.5, 0.6) is 0 Å². The molecule has 156 valence electrons. The first kappa shape index (κ1) is 19.9. The summed E-state index contributed by atoms with van der Waals surface area (Å²) in [5, 5.41) is 2.92. The number of nitrogens with one attached hydrogen (secondary N) is 1. The van der Waals surface area contributed by atoms with Crippen LogP contribution in [-0.2, 0) is 21.4 Å². The van der Waals surface area contributed by atoms with E-state index in [0.717, 1.165) is 37.3 Å². The Labute approximate surface area is 170 Å². The van der Waals surface area contributed by atoms with Crippen molar-refractivity contribution in [1.82, 2.24) is 14.6 Å². The fourth-order valence-electron chi connectivity index (χ4n) is 3.89. The molecule has 1 amide bonds. The van der Waals surface area contributed by atoms with Crippen molar-refractivity contribution in [1.29, 1.82) is 0 Å². The van der Waals surface area contributed by atoms with Crippen molar-refractivity contribution in [3.63, 3.8) is 0 Å². The Balaban J connectivity index is 1.31. The normalized spacial score (nSPS) is 18.8. The summed E-state index contributed by atoms with van der Waals surface area (Å²) in [5.41, 5.74) is 0. The molecule has 4 heterocycles. The highest BCUT2D eigenvalue weighted by Gasteiger charge is 2.29. The van der Waals surface area contributed by atoms with Crippen molar-refractivity contribution in [2.75, 3.05) is 31.1 Å². The number of aromatic nitrogens is 1. The Morgan fingerprint density at radius 2 is 1.90 bits per heavy atom. The molecule has 0 unspecified atom stereocenters. The number of hydrogen-bond acceptors (Lipinski definition) is 6. The average molecular weight is 419 g/mol. The summed E-state index contributed by atoms with van der Waals surface area (Å²) >= 11 is 0. The standard InChI is InChI=1S/C20H26N4O4S/c25-20(22-14-17-4-3-13-28-17)16-7-11-23(12-8-16)19-6-5-18(15-21-19)29(26,27)24-9-1-2-10-24/h3-6,13,15-16H,1-2,7-12,14H2,(H,22,25). The fraction of sp³-hybridized carbons (Fsp3) is 0.500. The van der Waals surface area contributed by atoms with Gasteiger partial charge in [-0.1, -0.05) is 0 Å². The summed E-state index contributed by atoms with van der Waals surface area (Å²) in [6.45, 7) is 2.99. The highest BCUT2D eigenvalue weighted by Crippen LogP contribution is 2.25. The van der Waals surface area contributed by atoms with Gasteiger partial charge in [-0.2, -0.15) is 4.31 Å². The van der Waals surface area contributed by atoms with Crippen molar-refractivity contribution in [2.45, 2.75) is 37.1 Å².